The molecule has 31 nitrogen and oxygen atoms in total. The van der Waals surface area contributed by atoms with E-state index in [1.807, 2.05) is 13.8 Å². The third-order valence-electron chi connectivity index (χ3n) is 17.6. The molecule has 18 N–H and O–H groups in total. The van der Waals surface area contributed by atoms with Crippen LogP contribution in [-0.2, 0) is 63.9 Å². The molecular weight excluding hydrogens is 1370 g/mol. The maximum Gasteiger partial charge on any atom is 0.373 e. The number of ether oxygens (including phenoxy) is 6. The maximum atomic E-state index is 16.1. The van der Waals surface area contributed by atoms with Crippen LogP contribution in [0.4, 0.5) is 0 Å². The molecule has 12 rings (SSSR count). The first-order valence-corrected chi connectivity index (χ1v) is 32.7. The number of likely N-dealkylation sites (N-methyl/N-ethyl adjacent to an activating group) is 1. The molecule has 0 aromatic heterocycles. The van der Waals surface area contributed by atoms with Gasteiger partial charge in [-0.05, 0) is 122 Å². The van der Waals surface area contributed by atoms with Crippen molar-refractivity contribution in [3.8, 4) is 57.1 Å². The lowest BCUT2D eigenvalue weighted by Gasteiger charge is -2.44. The first-order valence-electron chi connectivity index (χ1n) is 31.9. The number of Topliss-reactive ketones (excluding diaryl/α,β-unsaturated/α-hetero) is 2. The summed E-state index contributed by atoms with van der Waals surface area (Å²) in [6, 6.07) is 8.59. The Kier molecular flexibility index (Phi) is 26.3. The zero-order valence-electron chi connectivity index (χ0n) is 55.0. The highest BCUT2D eigenvalue weighted by molar-refractivity contribution is 6.32. The first-order chi connectivity index (χ1) is 48.0. The van der Waals surface area contributed by atoms with E-state index in [0.717, 1.165) is 18.2 Å². The van der Waals surface area contributed by atoms with Crippen LogP contribution in [0.1, 0.15) is 111 Å². The van der Waals surface area contributed by atoms with Crippen LogP contribution in [-0.4, -0.2) is 181 Å². The van der Waals surface area contributed by atoms with Gasteiger partial charge in [-0.3, -0.25) is 33.6 Å². The Morgan fingerprint density at radius 1 is 0.733 bits per heavy atom. The molecule has 5 amide bonds. The molecule has 3 unspecified atom stereocenters. The monoisotopic (exact) mass is 1450 g/mol. The molecule has 2 fully saturated rings. The van der Waals surface area contributed by atoms with E-state index < -0.39 is 205 Å². The van der Waals surface area contributed by atoms with E-state index in [1.54, 1.807) is 6.92 Å². The second kappa shape index (κ2) is 34.2. The Balaban J connectivity index is 0.00000252. The Bertz CT molecular complexity index is 3930. The van der Waals surface area contributed by atoms with Gasteiger partial charge >= 0.3 is 6.15 Å². The number of aromatic hydroxyl groups is 3. The minimum absolute atomic E-state index is 0.0295. The Hall–Kier alpha value is -8.89. The van der Waals surface area contributed by atoms with Gasteiger partial charge < -0.3 is 112 Å². The van der Waals surface area contributed by atoms with Crippen molar-refractivity contribution in [3.05, 3.63) is 117 Å². The van der Waals surface area contributed by atoms with Crippen LogP contribution in [0.15, 0.2) is 78.9 Å². The average molecular weight is 1450 g/mol. The van der Waals surface area contributed by atoms with Gasteiger partial charge in [0.25, 0.3) is 0 Å². The van der Waals surface area contributed by atoms with Crippen LogP contribution in [0.5, 0.6) is 46.0 Å². The molecule has 11 bridgehead atoms. The highest BCUT2D eigenvalue weighted by Gasteiger charge is 2.50. The van der Waals surface area contributed by atoms with Gasteiger partial charge in [-0.25, -0.2) is 0 Å². The lowest BCUT2D eigenvalue weighted by molar-refractivity contribution is -0.329. The van der Waals surface area contributed by atoms with Crippen LogP contribution in [0.2, 0.25) is 10.0 Å². The fraction of sp³-hybridized carbons (Fsp3) is 0.441. The number of ketones is 2. The standard InChI is InChI=1S/C66H74Cl2N6O22.CH5N.CO2/c1-26(2)13-39(70-4)63(88)74-55-57(84)30-7-11-47(38(68)17-30)93-49-19-31-18-48(60(49)96-66-61(59(86)58(85)50(25-75)94-66)95-52-12-9-41(77)27(3)91-52)92-46-10-6-29(16-37(46)67)56(83)36-22-43(79)34(21-45(81)54(31)73-64(89)40(23-51(69)82)72-65(55)90)28-5-8-42(78)35(15-28)53-32(24-71-62(36)87)14-33(76)20-44(53)80;1-2;2-1-3/h5-8,10-11,14-20,26-27,34,36,39-41,50,52,54-59,61,66,70,75-78,80,83-86H,9,12-13,21-25H2,1-4H3,(H2,69,82)(H,71,87)(H,72,90)(H,73,89)(H,74,88);2H2,1H3;/t27-,34+,36-,39+,40-,41-,50?,52-,54+,55+,56+,57+,58?,59-,61+,66?;;/m0../s1. The summed E-state index contributed by atoms with van der Waals surface area (Å²) in [5.41, 5.74) is 9.55. The number of phenolic OH excluding ortho intramolecular Hbond substituents is 3. The summed E-state index contributed by atoms with van der Waals surface area (Å²) in [7, 11) is 3.00. The van der Waals surface area contributed by atoms with Crippen LogP contribution in [0.3, 0.4) is 0 Å². The molecular formula is C68H79Cl2N7O24. The number of amides is 5. The fourth-order valence-corrected chi connectivity index (χ4v) is 12.8. The number of nitrogens with two attached hydrogens (primary N) is 2. The number of fused-ring (bicyclic) bond motifs is 15. The zero-order valence-corrected chi connectivity index (χ0v) is 56.5. The molecule has 0 radical (unpaired) electrons. The number of primary amides is 1. The van der Waals surface area contributed by atoms with E-state index in [1.165, 1.54) is 74.8 Å². The van der Waals surface area contributed by atoms with Crippen molar-refractivity contribution >= 4 is 70.5 Å². The predicted molar refractivity (Wildman–Crippen MR) is 352 cm³/mol. The molecule has 33 heteroatoms. The number of carbonyl (C=O) groups excluding carboxylic acids is 9. The minimum atomic E-state index is -2.12. The molecule has 2 saturated heterocycles. The van der Waals surface area contributed by atoms with Gasteiger partial charge in [-0.2, -0.15) is 9.59 Å². The summed E-state index contributed by atoms with van der Waals surface area (Å²) < 4.78 is 38.3. The summed E-state index contributed by atoms with van der Waals surface area (Å²) in [5.74, 6) is -14.5. The lowest BCUT2D eigenvalue weighted by atomic mass is 9.80. The van der Waals surface area contributed by atoms with E-state index in [-0.39, 0.29) is 91.8 Å². The minimum Gasteiger partial charge on any atom is -0.508 e. The molecule has 0 spiro atoms. The molecule has 544 valence electrons. The molecule has 0 saturated carbocycles. The van der Waals surface area contributed by atoms with Crippen molar-refractivity contribution in [2.45, 2.75) is 157 Å². The van der Waals surface area contributed by atoms with Gasteiger partial charge in [0.05, 0.1) is 53.3 Å². The summed E-state index contributed by atoms with van der Waals surface area (Å²) in [4.78, 5) is 120. The zero-order chi connectivity index (χ0) is 74.0. The number of hydrogen-bond acceptors (Lipinski definition) is 26. The Morgan fingerprint density at radius 3 is 1.94 bits per heavy atom. The number of phenols is 3. The van der Waals surface area contributed by atoms with Crippen molar-refractivity contribution in [3.63, 3.8) is 0 Å². The number of halogens is 2. The van der Waals surface area contributed by atoms with Crippen molar-refractivity contribution in [1.82, 2.24) is 26.6 Å². The Morgan fingerprint density at radius 2 is 1.36 bits per heavy atom. The number of carbonyl (C=O) groups is 7. The summed E-state index contributed by atoms with van der Waals surface area (Å²) >= 11 is 14.1. The van der Waals surface area contributed by atoms with E-state index >= 15 is 14.4 Å². The predicted octanol–water partition coefficient (Wildman–Crippen LogP) is 2.12. The summed E-state index contributed by atoms with van der Waals surface area (Å²) in [6.07, 6.45) is -17.7. The number of hydrogen-bond donors (Lipinski definition) is 16. The first kappa shape index (κ1) is 77.8. The molecule has 5 aromatic rings. The summed E-state index contributed by atoms with van der Waals surface area (Å²) in [6.45, 7) is 3.91. The van der Waals surface area contributed by atoms with Gasteiger partial charge in [0.2, 0.25) is 41.6 Å². The molecule has 7 aliphatic rings. The second-order valence-corrected chi connectivity index (χ2v) is 25.7. The van der Waals surface area contributed by atoms with Gasteiger partial charge in [0.1, 0.15) is 77.1 Å². The maximum absolute atomic E-state index is 16.1. The number of rotatable bonds is 12. The quantitative estimate of drug-likeness (QED) is 0.0850. The van der Waals surface area contributed by atoms with Crippen molar-refractivity contribution in [1.29, 1.82) is 0 Å². The van der Waals surface area contributed by atoms with Gasteiger partial charge in [-0.1, -0.05) is 55.2 Å². The largest absolute Gasteiger partial charge is 0.508 e. The highest BCUT2D eigenvalue weighted by Crippen LogP contribution is 2.50. The molecule has 101 heavy (non-hydrogen) atoms. The van der Waals surface area contributed by atoms with Crippen LogP contribution in [0.25, 0.3) is 11.1 Å². The van der Waals surface area contributed by atoms with Crippen LogP contribution in [0, 0.1) is 11.8 Å². The van der Waals surface area contributed by atoms with E-state index in [0.29, 0.717) is 0 Å². The topological polar surface area (TPSA) is 503 Å². The van der Waals surface area contributed by atoms with E-state index in [2.05, 4.69) is 32.3 Å². The van der Waals surface area contributed by atoms with Crippen molar-refractivity contribution in [2.75, 3.05) is 20.7 Å². The van der Waals surface area contributed by atoms with Crippen molar-refractivity contribution < 1.29 is 118 Å². The number of aliphatic hydroxyl groups is 6. The Labute approximate surface area is 587 Å². The SMILES string of the molecule is CN.CN[C@H](CC(C)C)C(=O)N[C@H]1C(=O)N[C@@H](CC(N)=O)C(=O)N[C@H]2C(=O)C[C@H]3C(=O)C[C@H](C(=O)NCc4cc(O)cc(O)c4-c4cc3ccc4O)[C@H](O)c3ccc(c(Cl)c3)Oc3cc2cc(c3OC2OC(CO)C(O)[C@H](O)[C@H]2O[C@H]2CC[C@H](O)[C@H](C)O2)Oc2ccc(cc2Cl)[C@H]1O.O=C=O. The van der Waals surface area contributed by atoms with Gasteiger partial charge in [0, 0.05) is 48.9 Å². The van der Waals surface area contributed by atoms with Crippen LogP contribution < -0.4 is 52.3 Å². The van der Waals surface area contributed by atoms with Crippen LogP contribution >= 0.6 is 23.2 Å². The van der Waals surface area contributed by atoms with Gasteiger partial charge in [0.15, 0.2) is 29.7 Å². The van der Waals surface area contributed by atoms with Crippen molar-refractivity contribution in [2.24, 2.45) is 23.3 Å². The van der Waals surface area contributed by atoms with E-state index in [4.69, 9.17) is 66.9 Å². The molecule has 5 aromatic carbocycles. The number of aliphatic hydroxyl groups excluding tert-OH is 6. The number of nitrogens with one attached hydrogen (secondary N) is 5. The third-order valence-corrected chi connectivity index (χ3v) is 18.2. The molecule has 7 heterocycles. The summed E-state index contributed by atoms with van der Waals surface area (Å²) in [5, 5.41) is 115. The molecule has 0 aliphatic carbocycles. The number of benzene rings is 5. The van der Waals surface area contributed by atoms with Gasteiger partial charge in [-0.15, -0.1) is 0 Å². The fourth-order valence-electron chi connectivity index (χ4n) is 12.4. The van der Waals surface area contributed by atoms with E-state index in [9.17, 15) is 65.1 Å². The highest BCUT2D eigenvalue weighted by atomic mass is 35.5. The normalized spacial score (nSPS) is 27.0. The second-order valence-electron chi connectivity index (χ2n) is 24.9. The molecule has 7 aliphatic heterocycles. The third kappa shape index (κ3) is 18.1. The molecule has 16 atom stereocenters. The lowest BCUT2D eigenvalue weighted by Crippen LogP contribution is -2.62. The average Bonchev–Trinajstić information content (AvgIpc) is 0.775. The smallest absolute Gasteiger partial charge is 0.373 e.